The number of rotatable bonds is 5. The van der Waals surface area contributed by atoms with Crippen molar-refractivity contribution in [2.75, 3.05) is 0 Å². The molecule has 0 unspecified atom stereocenters. The van der Waals surface area contributed by atoms with E-state index in [1.54, 1.807) is 9.13 Å². The summed E-state index contributed by atoms with van der Waals surface area (Å²) in [4.78, 5) is 23.0. The van der Waals surface area contributed by atoms with Crippen molar-refractivity contribution in [1.29, 1.82) is 0 Å². The number of nitrogens with zero attached hydrogens (tertiary/aromatic N) is 4. The minimum Gasteiger partial charge on any atom is -0.295 e. The van der Waals surface area contributed by atoms with Crippen molar-refractivity contribution in [3.63, 3.8) is 0 Å². The van der Waals surface area contributed by atoms with Crippen molar-refractivity contribution in [1.82, 2.24) is 19.1 Å². The van der Waals surface area contributed by atoms with Gasteiger partial charge in [0, 0.05) is 30.8 Å². The second-order valence-corrected chi connectivity index (χ2v) is 12.7. The molecule has 0 saturated carbocycles. The molecule has 2 heterocycles. The molecule has 0 atom stereocenters. The molecule has 7 aromatic carbocycles. The summed E-state index contributed by atoms with van der Waals surface area (Å²) in [6, 6.07) is 54.9. The third-order valence-electron chi connectivity index (χ3n) is 9.77. The number of hydrogen-bond donors (Lipinski definition) is 0. The fourth-order valence-electron chi connectivity index (χ4n) is 7.30. The van der Waals surface area contributed by atoms with E-state index in [2.05, 4.69) is 115 Å². The molecule has 0 aliphatic rings. The molecule has 9 rings (SSSR count). The van der Waals surface area contributed by atoms with Crippen LogP contribution in [0.3, 0.4) is 0 Å². The van der Waals surface area contributed by atoms with E-state index in [-0.39, 0.29) is 5.69 Å². The Morgan fingerprint density at radius 3 is 1.56 bits per heavy atom. The van der Waals surface area contributed by atoms with Gasteiger partial charge in [0.05, 0.1) is 22.4 Å². The van der Waals surface area contributed by atoms with E-state index in [4.69, 9.17) is 9.97 Å². The Bertz CT molecular complexity index is 2680. The summed E-state index contributed by atoms with van der Waals surface area (Å²) in [6.07, 6.45) is 0. The first-order chi connectivity index (χ1) is 24.5. The first-order valence-electron chi connectivity index (χ1n) is 16.8. The topological polar surface area (TPSA) is 52.7 Å². The summed E-state index contributed by atoms with van der Waals surface area (Å²) in [5, 5.41) is 4.56. The first-order valence-corrected chi connectivity index (χ1v) is 16.8. The summed E-state index contributed by atoms with van der Waals surface area (Å²) in [5.74, 6) is 0.694. The Kier molecular flexibility index (Phi) is 6.99. The molecule has 50 heavy (non-hydrogen) atoms. The summed E-state index contributed by atoms with van der Waals surface area (Å²) in [5.41, 5.74) is 11.1. The van der Waals surface area contributed by atoms with Crippen molar-refractivity contribution >= 4 is 32.6 Å². The van der Waals surface area contributed by atoms with Crippen molar-refractivity contribution in [2.45, 2.75) is 0 Å². The molecule has 0 aliphatic carbocycles. The van der Waals surface area contributed by atoms with Crippen LogP contribution in [0, 0.1) is 0 Å². The number of aryl methyl sites for hydroxylation is 2. The van der Waals surface area contributed by atoms with E-state index in [0.717, 1.165) is 77.3 Å². The van der Waals surface area contributed by atoms with Crippen molar-refractivity contribution < 1.29 is 0 Å². The molecule has 9 aromatic rings. The van der Waals surface area contributed by atoms with Crippen LogP contribution in [0.5, 0.6) is 0 Å². The van der Waals surface area contributed by atoms with Crippen LogP contribution in [-0.4, -0.2) is 19.1 Å². The van der Waals surface area contributed by atoms with Crippen LogP contribution < -0.4 is 5.69 Å². The van der Waals surface area contributed by atoms with Gasteiger partial charge in [0.15, 0.2) is 5.82 Å². The average Bonchev–Trinajstić information content (AvgIpc) is 3.40. The second-order valence-electron chi connectivity index (χ2n) is 12.7. The summed E-state index contributed by atoms with van der Waals surface area (Å²) < 4.78 is 3.40. The molecule has 0 spiro atoms. The molecule has 0 radical (unpaired) electrons. The van der Waals surface area contributed by atoms with E-state index in [9.17, 15) is 4.79 Å². The van der Waals surface area contributed by atoms with Crippen LogP contribution in [0.4, 0.5) is 0 Å². The predicted molar refractivity (Wildman–Crippen MR) is 206 cm³/mol. The van der Waals surface area contributed by atoms with Gasteiger partial charge in [-0.05, 0) is 68.1 Å². The molecule has 0 aliphatic heterocycles. The predicted octanol–water partition coefficient (Wildman–Crippen LogP) is 10.3. The van der Waals surface area contributed by atoms with Gasteiger partial charge >= 0.3 is 5.69 Å². The van der Waals surface area contributed by atoms with Crippen LogP contribution in [0.15, 0.2) is 163 Å². The number of fused-ring (bicyclic) bond motifs is 3. The quantitative estimate of drug-likeness (QED) is 0.175. The molecular weight excluding hydrogens is 613 g/mol. The zero-order valence-corrected chi connectivity index (χ0v) is 27.7. The van der Waals surface area contributed by atoms with Gasteiger partial charge in [-0.2, -0.15) is 0 Å². The lowest BCUT2D eigenvalue weighted by atomic mass is 9.86. The van der Waals surface area contributed by atoms with Crippen LogP contribution in [0.25, 0.3) is 88.7 Å². The fraction of sp³-hybridized carbons (Fsp3) is 0.0444. The molecule has 0 fully saturated rings. The SMILES string of the molecule is Cn1c(=O)n(C)c2cc(-c3cccc(-c4c5ccccc5c(-c5cc(-c6ccccc6)nc(-c6ccccc6)n5)c5ccccc45)c3)ccc21. The highest BCUT2D eigenvalue weighted by Gasteiger charge is 2.20. The zero-order chi connectivity index (χ0) is 33.8. The minimum atomic E-state index is -0.0283. The van der Waals surface area contributed by atoms with E-state index < -0.39 is 0 Å². The maximum Gasteiger partial charge on any atom is 0.328 e. The lowest BCUT2D eigenvalue weighted by Gasteiger charge is -2.18. The monoisotopic (exact) mass is 644 g/mol. The van der Waals surface area contributed by atoms with Gasteiger partial charge in [0.1, 0.15) is 0 Å². The first kappa shape index (κ1) is 29.5. The Labute approximate surface area is 289 Å². The zero-order valence-electron chi connectivity index (χ0n) is 27.7. The minimum absolute atomic E-state index is 0.0283. The Balaban J connectivity index is 1.29. The van der Waals surface area contributed by atoms with E-state index in [1.807, 2.05) is 56.6 Å². The van der Waals surface area contributed by atoms with Gasteiger partial charge in [-0.3, -0.25) is 9.13 Å². The standard InChI is InChI=1S/C45H32N4O/c1-48-40-25-24-32(27-41(40)49(2)45(48)50)31-18-13-19-33(26-31)42-34-20-9-11-22-36(34)43(37-23-12-10-21-35(37)42)39-28-38(29-14-5-3-6-15-29)46-44(47-39)30-16-7-4-8-17-30/h3-28H,1-2H3. The molecule has 238 valence electrons. The van der Waals surface area contributed by atoms with Crippen molar-refractivity contribution in [3.05, 3.63) is 168 Å². The maximum atomic E-state index is 12.7. The molecule has 5 heteroatoms. The van der Waals surface area contributed by atoms with Crippen molar-refractivity contribution in [2.24, 2.45) is 14.1 Å². The molecule has 5 nitrogen and oxygen atoms in total. The van der Waals surface area contributed by atoms with E-state index >= 15 is 0 Å². The Morgan fingerprint density at radius 1 is 0.400 bits per heavy atom. The van der Waals surface area contributed by atoms with Crippen LogP contribution >= 0.6 is 0 Å². The number of aromatic nitrogens is 4. The third-order valence-corrected chi connectivity index (χ3v) is 9.77. The van der Waals surface area contributed by atoms with Gasteiger partial charge < -0.3 is 0 Å². The second kappa shape index (κ2) is 11.8. The van der Waals surface area contributed by atoms with Crippen molar-refractivity contribution in [3.8, 4) is 56.2 Å². The molecule has 0 saturated heterocycles. The highest BCUT2D eigenvalue weighted by Crippen LogP contribution is 2.44. The average molecular weight is 645 g/mol. The highest BCUT2D eigenvalue weighted by molar-refractivity contribution is 6.21. The molecule has 0 bridgehead atoms. The van der Waals surface area contributed by atoms with Crippen LogP contribution in [0.2, 0.25) is 0 Å². The fourth-order valence-corrected chi connectivity index (χ4v) is 7.30. The van der Waals surface area contributed by atoms with Gasteiger partial charge in [0.25, 0.3) is 0 Å². The number of benzene rings is 7. The number of imidazole rings is 1. The maximum absolute atomic E-state index is 12.7. The molecule has 0 amide bonds. The molecular formula is C45H32N4O. The Morgan fingerprint density at radius 2 is 0.900 bits per heavy atom. The lowest BCUT2D eigenvalue weighted by Crippen LogP contribution is -2.19. The Hall–Kier alpha value is -6.59. The van der Waals surface area contributed by atoms with Gasteiger partial charge in [-0.15, -0.1) is 0 Å². The smallest absolute Gasteiger partial charge is 0.295 e. The van der Waals surface area contributed by atoms with Crippen LogP contribution in [-0.2, 0) is 14.1 Å². The number of hydrogen-bond acceptors (Lipinski definition) is 3. The normalized spacial score (nSPS) is 11.5. The third kappa shape index (κ3) is 4.82. The van der Waals surface area contributed by atoms with E-state index in [0.29, 0.717) is 5.82 Å². The molecule has 0 N–H and O–H groups in total. The summed E-state index contributed by atoms with van der Waals surface area (Å²) in [7, 11) is 3.64. The summed E-state index contributed by atoms with van der Waals surface area (Å²) in [6.45, 7) is 0. The lowest BCUT2D eigenvalue weighted by molar-refractivity contribution is 0.795. The van der Waals surface area contributed by atoms with Crippen LogP contribution in [0.1, 0.15) is 0 Å². The van der Waals surface area contributed by atoms with E-state index in [1.165, 1.54) is 5.56 Å². The summed E-state index contributed by atoms with van der Waals surface area (Å²) >= 11 is 0. The van der Waals surface area contributed by atoms with Gasteiger partial charge in [-0.25, -0.2) is 14.8 Å². The molecule has 2 aromatic heterocycles. The van der Waals surface area contributed by atoms with Gasteiger partial charge in [-0.1, -0.05) is 133 Å². The highest BCUT2D eigenvalue weighted by atomic mass is 16.1. The van der Waals surface area contributed by atoms with Gasteiger partial charge in [0.2, 0.25) is 0 Å². The largest absolute Gasteiger partial charge is 0.328 e.